The van der Waals surface area contributed by atoms with E-state index in [1.807, 2.05) is 30.3 Å². The number of esters is 1. The minimum atomic E-state index is -0.499. The number of hydrogen-bond acceptors (Lipinski definition) is 3. The van der Waals surface area contributed by atoms with Crippen molar-refractivity contribution in [2.75, 3.05) is 6.61 Å². The van der Waals surface area contributed by atoms with E-state index in [9.17, 15) is 9.59 Å². The summed E-state index contributed by atoms with van der Waals surface area (Å²) in [6, 6.07) is 9.31. The van der Waals surface area contributed by atoms with Crippen LogP contribution in [0.3, 0.4) is 0 Å². The van der Waals surface area contributed by atoms with Gasteiger partial charge in [-0.15, -0.1) is 0 Å². The highest BCUT2D eigenvalue weighted by molar-refractivity contribution is 5.96. The van der Waals surface area contributed by atoms with Crippen LogP contribution in [-0.4, -0.2) is 18.4 Å². The first-order valence-corrected chi connectivity index (χ1v) is 5.04. The second-order valence-corrected chi connectivity index (χ2v) is 3.35. The summed E-state index contributed by atoms with van der Waals surface area (Å²) >= 11 is 0. The monoisotopic (exact) mass is 218 g/mol. The first-order chi connectivity index (χ1) is 7.72. The molecule has 0 radical (unpaired) electrons. The molecule has 0 saturated carbocycles. The number of ether oxygens (including phenoxy) is 1. The molecule has 0 aromatic heterocycles. The van der Waals surface area contributed by atoms with Crippen molar-refractivity contribution in [1.29, 1.82) is 0 Å². The van der Waals surface area contributed by atoms with Crippen LogP contribution < -0.4 is 0 Å². The lowest BCUT2D eigenvalue weighted by atomic mass is 10.1. The van der Waals surface area contributed by atoms with Crippen molar-refractivity contribution >= 4 is 11.8 Å². The largest absolute Gasteiger partial charge is 0.461 e. The highest BCUT2D eigenvalue weighted by Crippen LogP contribution is 2.02. The van der Waals surface area contributed by atoms with Gasteiger partial charge in [0, 0.05) is 6.42 Å². The zero-order chi connectivity index (χ0) is 11.8. The SMILES string of the molecule is C=CCOC(=O)CC(=O)Cc1ccccc1. The molecule has 0 spiro atoms. The molecule has 0 amide bonds. The third-order valence-electron chi connectivity index (χ3n) is 1.95. The summed E-state index contributed by atoms with van der Waals surface area (Å²) in [6.07, 6.45) is 1.56. The number of rotatable bonds is 6. The Kier molecular flexibility index (Phi) is 4.99. The van der Waals surface area contributed by atoms with Gasteiger partial charge in [-0.2, -0.15) is 0 Å². The maximum atomic E-state index is 11.5. The fraction of sp³-hybridized carbons (Fsp3) is 0.231. The van der Waals surface area contributed by atoms with Crippen LogP contribution in [0.1, 0.15) is 12.0 Å². The average Bonchev–Trinajstić information content (AvgIpc) is 2.27. The summed E-state index contributed by atoms with van der Waals surface area (Å²) in [5, 5.41) is 0. The molecule has 0 saturated heterocycles. The fourth-order valence-electron chi connectivity index (χ4n) is 1.25. The molecule has 0 unspecified atom stereocenters. The van der Waals surface area contributed by atoms with Crippen LogP contribution in [0.25, 0.3) is 0 Å². The molecule has 1 rings (SSSR count). The summed E-state index contributed by atoms with van der Waals surface area (Å²) in [4.78, 5) is 22.6. The summed E-state index contributed by atoms with van der Waals surface area (Å²) in [5.74, 6) is -0.638. The van der Waals surface area contributed by atoms with Crippen LogP contribution in [-0.2, 0) is 20.7 Å². The lowest BCUT2D eigenvalue weighted by Crippen LogP contribution is -2.13. The quantitative estimate of drug-likeness (QED) is 0.416. The van der Waals surface area contributed by atoms with Crippen molar-refractivity contribution in [2.45, 2.75) is 12.8 Å². The van der Waals surface area contributed by atoms with Gasteiger partial charge in [-0.25, -0.2) is 0 Å². The van der Waals surface area contributed by atoms with Crippen LogP contribution >= 0.6 is 0 Å². The standard InChI is InChI=1S/C13H14O3/c1-2-8-16-13(15)10-12(14)9-11-6-4-3-5-7-11/h2-7H,1,8-10H2. The van der Waals surface area contributed by atoms with Crippen LogP contribution in [0.15, 0.2) is 43.0 Å². The molecule has 1 aromatic rings. The molecule has 16 heavy (non-hydrogen) atoms. The first-order valence-electron chi connectivity index (χ1n) is 5.04. The van der Waals surface area contributed by atoms with E-state index >= 15 is 0 Å². The predicted octanol–water partition coefficient (Wildman–Crippen LogP) is 1.92. The second-order valence-electron chi connectivity index (χ2n) is 3.35. The zero-order valence-electron chi connectivity index (χ0n) is 9.02. The van der Waals surface area contributed by atoms with Crippen molar-refractivity contribution < 1.29 is 14.3 Å². The molecular weight excluding hydrogens is 204 g/mol. The highest BCUT2D eigenvalue weighted by atomic mass is 16.5. The van der Waals surface area contributed by atoms with E-state index in [2.05, 4.69) is 6.58 Å². The van der Waals surface area contributed by atoms with Gasteiger partial charge in [0.1, 0.15) is 18.8 Å². The molecule has 0 bridgehead atoms. The topological polar surface area (TPSA) is 43.4 Å². The molecule has 0 aliphatic rings. The summed E-state index contributed by atoms with van der Waals surface area (Å²) in [6.45, 7) is 3.57. The van der Waals surface area contributed by atoms with Gasteiger partial charge in [-0.05, 0) is 5.56 Å². The minimum absolute atomic E-state index is 0.139. The Labute approximate surface area is 94.7 Å². The Bertz CT molecular complexity index is 368. The summed E-state index contributed by atoms with van der Waals surface area (Å²) in [7, 11) is 0. The summed E-state index contributed by atoms with van der Waals surface area (Å²) in [5.41, 5.74) is 0.907. The number of ketones is 1. The average molecular weight is 218 g/mol. The Morgan fingerprint density at radius 1 is 1.25 bits per heavy atom. The molecule has 0 atom stereocenters. The fourth-order valence-corrected chi connectivity index (χ4v) is 1.25. The van der Waals surface area contributed by atoms with E-state index in [0.29, 0.717) is 0 Å². The number of Topliss-reactive ketones (excluding diaryl/α,β-unsaturated/α-hetero) is 1. The lowest BCUT2D eigenvalue weighted by Gasteiger charge is -2.01. The number of carbonyl (C=O) groups excluding carboxylic acids is 2. The van der Waals surface area contributed by atoms with Crippen LogP contribution in [0.2, 0.25) is 0 Å². The van der Waals surface area contributed by atoms with Crippen molar-refractivity contribution in [1.82, 2.24) is 0 Å². The first kappa shape index (κ1) is 12.2. The van der Waals surface area contributed by atoms with Gasteiger partial charge in [0.05, 0.1) is 0 Å². The molecule has 3 nitrogen and oxygen atoms in total. The van der Waals surface area contributed by atoms with E-state index in [0.717, 1.165) is 5.56 Å². The van der Waals surface area contributed by atoms with E-state index in [1.54, 1.807) is 0 Å². The maximum absolute atomic E-state index is 11.5. The molecule has 84 valence electrons. The van der Waals surface area contributed by atoms with Crippen molar-refractivity contribution in [3.05, 3.63) is 48.6 Å². The van der Waals surface area contributed by atoms with Crippen LogP contribution in [0, 0.1) is 0 Å². The molecule has 0 fully saturated rings. The number of benzene rings is 1. The van der Waals surface area contributed by atoms with E-state index in [1.165, 1.54) is 6.08 Å². The molecule has 1 aromatic carbocycles. The van der Waals surface area contributed by atoms with Crippen LogP contribution in [0.4, 0.5) is 0 Å². The van der Waals surface area contributed by atoms with Gasteiger partial charge in [0.25, 0.3) is 0 Å². The molecule has 0 aliphatic heterocycles. The Morgan fingerprint density at radius 3 is 2.56 bits per heavy atom. The maximum Gasteiger partial charge on any atom is 0.313 e. The third kappa shape index (κ3) is 4.55. The number of carbonyl (C=O) groups is 2. The third-order valence-corrected chi connectivity index (χ3v) is 1.95. The highest BCUT2D eigenvalue weighted by Gasteiger charge is 2.10. The smallest absolute Gasteiger partial charge is 0.313 e. The van der Waals surface area contributed by atoms with Crippen molar-refractivity contribution in [3.8, 4) is 0 Å². The van der Waals surface area contributed by atoms with Gasteiger partial charge < -0.3 is 4.74 Å². The number of hydrogen-bond donors (Lipinski definition) is 0. The molecule has 0 N–H and O–H groups in total. The van der Waals surface area contributed by atoms with Gasteiger partial charge in [0.2, 0.25) is 0 Å². The Balaban J connectivity index is 2.36. The Morgan fingerprint density at radius 2 is 1.94 bits per heavy atom. The van der Waals surface area contributed by atoms with Gasteiger partial charge in [0.15, 0.2) is 0 Å². The van der Waals surface area contributed by atoms with E-state index in [-0.39, 0.29) is 25.2 Å². The van der Waals surface area contributed by atoms with Crippen molar-refractivity contribution in [2.24, 2.45) is 0 Å². The zero-order valence-corrected chi connectivity index (χ0v) is 9.02. The van der Waals surface area contributed by atoms with Gasteiger partial charge in [-0.3, -0.25) is 9.59 Å². The molecule has 0 aliphatic carbocycles. The lowest BCUT2D eigenvalue weighted by molar-refractivity contribution is -0.144. The minimum Gasteiger partial charge on any atom is -0.461 e. The van der Waals surface area contributed by atoms with Crippen molar-refractivity contribution in [3.63, 3.8) is 0 Å². The van der Waals surface area contributed by atoms with E-state index < -0.39 is 5.97 Å². The molecule has 3 heteroatoms. The van der Waals surface area contributed by atoms with E-state index in [4.69, 9.17) is 4.74 Å². The predicted molar refractivity (Wildman–Crippen MR) is 60.9 cm³/mol. The second kappa shape index (κ2) is 6.56. The summed E-state index contributed by atoms with van der Waals surface area (Å²) < 4.78 is 4.72. The molecular formula is C13H14O3. The normalized spacial score (nSPS) is 9.50. The van der Waals surface area contributed by atoms with Crippen LogP contribution in [0.5, 0.6) is 0 Å². The van der Waals surface area contributed by atoms with Gasteiger partial charge in [-0.1, -0.05) is 43.0 Å². The van der Waals surface area contributed by atoms with Gasteiger partial charge >= 0.3 is 5.97 Å². The molecule has 0 heterocycles. The Hall–Kier alpha value is -1.90.